The van der Waals surface area contributed by atoms with Gasteiger partial charge in [0.15, 0.2) is 5.78 Å². The van der Waals surface area contributed by atoms with Crippen LogP contribution in [0.4, 0.5) is 0 Å². The molecule has 0 spiro atoms. The Bertz CT molecular complexity index is 1020. The molecule has 3 aromatic rings. The summed E-state index contributed by atoms with van der Waals surface area (Å²) in [6.45, 7) is 4.45. The number of benzene rings is 1. The lowest BCUT2D eigenvalue weighted by Gasteiger charge is -2.15. The molecule has 0 atom stereocenters. The topological polar surface area (TPSA) is 43.1 Å². The molecule has 0 N–H and O–H groups in total. The van der Waals surface area contributed by atoms with Gasteiger partial charge in [0.25, 0.3) is 0 Å². The highest BCUT2D eigenvalue weighted by molar-refractivity contribution is 6.06. The van der Waals surface area contributed by atoms with Crippen LogP contribution in [0.1, 0.15) is 35.3 Å². The summed E-state index contributed by atoms with van der Waals surface area (Å²) in [5.41, 5.74) is 5.20. The molecule has 1 fully saturated rings. The number of ketones is 1. The summed E-state index contributed by atoms with van der Waals surface area (Å²) in [5.74, 6) is 0.172. The number of aromatic nitrogens is 3. The normalized spacial score (nSPS) is 17.0. The standard InChI is InChI=1S/C23H24N4O/c28-23-14-20(16-26-11-3-4-22(23)26)18-5-7-19(8-6-18)21-15-24-27(17-21)13-12-25-9-1-2-10-25/h3-8,11,15-17H,1-2,9-10,12-14H2. The van der Waals surface area contributed by atoms with Crippen LogP contribution in [0.2, 0.25) is 0 Å². The fourth-order valence-corrected chi connectivity index (χ4v) is 4.16. The van der Waals surface area contributed by atoms with Crippen LogP contribution in [0.3, 0.4) is 0 Å². The first kappa shape index (κ1) is 17.2. The van der Waals surface area contributed by atoms with Gasteiger partial charge in [0.2, 0.25) is 0 Å². The second-order valence-corrected chi connectivity index (χ2v) is 7.67. The summed E-state index contributed by atoms with van der Waals surface area (Å²) in [7, 11) is 0. The van der Waals surface area contributed by atoms with Crippen LogP contribution >= 0.6 is 0 Å². The molecule has 142 valence electrons. The van der Waals surface area contributed by atoms with Gasteiger partial charge >= 0.3 is 0 Å². The smallest absolute Gasteiger partial charge is 0.183 e. The second kappa shape index (κ2) is 7.24. The first-order chi connectivity index (χ1) is 13.8. The number of nitrogens with zero attached hydrogens (tertiary/aromatic N) is 4. The molecule has 5 nitrogen and oxygen atoms in total. The van der Waals surface area contributed by atoms with Gasteiger partial charge in [-0.1, -0.05) is 24.3 Å². The van der Waals surface area contributed by atoms with E-state index in [1.807, 2.05) is 33.8 Å². The Morgan fingerprint density at radius 3 is 2.54 bits per heavy atom. The minimum absolute atomic E-state index is 0.172. The first-order valence-corrected chi connectivity index (χ1v) is 10.0. The van der Waals surface area contributed by atoms with Gasteiger partial charge in [-0.25, -0.2) is 0 Å². The average Bonchev–Trinajstić information content (AvgIpc) is 3.47. The van der Waals surface area contributed by atoms with E-state index < -0.39 is 0 Å². The summed E-state index contributed by atoms with van der Waals surface area (Å²) in [5, 5.41) is 4.53. The number of allylic oxidation sites excluding steroid dienone is 1. The van der Waals surface area contributed by atoms with Gasteiger partial charge in [-0.05, 0) is 54.8 Å². The van der Waals surface area contributed by atoms with E-state index in [4.69, 9.17) is 0 Å². The van der Waals surface area contributed by atoms with E-state index in [2.05, 4.69) is 46.7 Å². The zero-order valence-electron chi connectivity index (χ0n) is 15.9. The maximum absolute atomic E-state index is 12.3. The molecule has 1 aromatic carbocycles. The predicted octanol–water partition coefficient (Wildman–Crippen LogP) is 4.03. The lowest BCUT2D eigenvalue weighted by Crippen LogP contribution is -2.24. The molecule has 2 aliphatic rings. The average molecular weight is 372 g/mol. The van der Waals surface area contributed by atoms with Crippen LogP contribution in [0.15, 0.2) is 55.0 Å². The van der Waals surface area contributed by atoms with Crippen LogP contribution in [-0.4, -0.2) is 44.7 Å². The number of likely N-dealkylation sites (tertiary alicyclic amines) is 1. The molecular weight excluding hydrogens is 348 g/mol. The van der Waals surface area contributed by atoms with Gasteiger partial charge in [-0.3, -0.25) is 9.48 Å². The third-order valence-electron chi connectivity index (χ3n) is 5.78. The molecule has 0 unspecified atom stereocenters. The Kier molecular flexibility index (Phi) is 4.45. The molecule has 1 saturated heterocycles. The highest BCUT2D eigenvalue weighted by Crippen LogP contribution is 2.28. The lowest BCUT2D eigenvalue weighted by atomic mass is 9.96. The lowest BCUT2D eigenvalue weighted by molar-refractivity contribution is 0.0990. The number of hydrogen-bond acceptors (Lipinski definition) is 3. The minimum atomic E-state index is 0.172. The van der Waals surface area contributed by atoms with Crippen molar-refractivity contribution in [2.24, 2.45) is 0 Å². The van der Waals surface area contributed by atoms with E-state index in [0.29, 0.717) is 6.42 Å². The molecule has 0 aliphatic carbocycles. The summed E-state index contributed by atoms with van der Waals surface area (Å²) in [6, 6.07) is 12.2. The van der Waals surface area contributed by atoms with Crippen LogP contribution in [0.25, 0.3) is 22.9 Å². The van der Waals surface area contributed by atoms with Crippen molar-refractivity contribution in [3.8, 4) is 11.1 Å². The largest absolute Gasteiger partial charge is 0.320 e. The van der Waals surface area contributed by atoms with Gasteiger partial charge in [0, 0.05) is 37.1 Å². The van der Waals surface area contributed by atoms with E-state index in [0.717, 1.165) is 41.0 Å². The molecule has 0 bridgehead atoms. The summed E-state index contributed by atoms with van der Waals surface area (Å²) < 4.78 is 3.96. The number of fused-ring (bicyclic) bond motifs is 1. The van der Waals surface area contributed by atoms with Gasteiger partial charge in [-0.15, -0.1) is 0 Å². The fraction of sp³-hybridized carbons (Fsp3) is 0.304. The fourth-order valence-electron chi connectivity index (χ4n) is 4.16. The first-order valence-electron chi connectivity index (χ1n) is 10.0. The van der Waals surface area contributed by atoms with E-state index in [-0.39, 0.29) is 5.78 Å². The number of carbonyl (C=O) groups is 1. The Morgan fingerprint density at radius 2 is 1.71 bits per heavy atom. The number of rotatable bonds is 5. The van der Waals surface area contributed by atoms with E-state index in [1.54, 1.807) is 0 Å². The van der Waals surface area contributed by atoms with Gasteiger partial charge in [0.1, 0.15) is 0 Å². The minimum Gasteiger partial charge on any atom is -0.320 e. The van der Waals surface area contributed by atoms with Crippen LogP contribution in [-0.2, 0) is 6.54 Å². The second-order valence-electron chi connectivity index (χ2n) is 7.67. The maximum atomic E-state index is 12.3. The molecule has 2 aromatic heterocycles. The molecule has 0 amide bonds. The number of hydrogen-bond donors (Lipinski definition) is 0. The molecule has 0 radical (unpaired) electrons. The number of Topliss-reactive ketones (excluding diaryl/α,β-unsaturated/α-hetero) is 1. The van der Waals surface area contributed by atoms with Crippen LogP contribution in [0, 0.1) is 0 Å². The van der Waals surface area contributed by atoms with Crippen molar-refractivity contribution < 1.29 is 4.79 Å². The third kappa shape index (κ3) is 3.34. The van der Waals surface area contributed by atoms with Crippen molar-refractivity contribution in [2.45, 2.75) is 25.8 Å². The summed E-state index contributed by atoms with van der Waals surface area (Å²) in [6.07, 6.45) is 11.2. The molecule has 5 rings (SSSR count). The van der Waals surface area contributed by atoms with Gasteiger partial charge in [0.05, 0.1) is 18.4 Å². The molecule has 0 saturated carbocycles. The highest BCUT2D eigenvalue weighted by Gasteiger charge is 2.19. The monoisotopic (exact) mass is 372 g/mol. The molecule has 2 aliphatic heterocycles. The Balaban J connectivity index is 1.30. The van der Waals surface area contributed by atoms with E-state index >= 15 is 0 Å². The summed E-state index contributed by atoms with van der Waals surface area (Å²) >= 11 is 0. The SMILES string of the molecule is O=C1CC(c2ccc(-c3cnn(CCN4CCCC4)c3)cc2)=Cn2cccc21. The van der Waals surface area contributed by atoms with Crippen molar-refractivity contribution in [3.63, 3.8) is 0 Å². The Labute approximate surface area is 164 Å². The van der Waals surface area contributed by atoms with Crippen LogP contribution < -0.4 is 0 Å². The molecule has 5 heteroatoms. The van der Waals surface area contributed by atoms with Gasteiger partial charge < -0.3 is 9.47 Å². The number of carbonyl (C=O) groups excluding carboxylic acids is 1. The van der Waals surface area contributed by atoms with Crippen molar-refractivity contribution >= 4 is 17.6 Å². The van der Waals surface area contributed by atoms with Crippen molar-refractivity contribution in [2.75, 3.05) is 19.6 Å². The molecular formula is C23H24N4O. The summed E-state index contributed by atoms with van der Waals surface area (Å²) in [4.78, 5) is 14.8. The van der Waals surface area contributed by atoms with Crippen LogP contribution in [0.5, 0.6) is 0 Å². The van der Waals surface area contributed by atoms with Gasteiger partial charge in [-0.2, -0.15) is 5.10 Å². The van der Waals surface area contributed by atoms with E-state index in [9.17, 15) is 4.79 Å². The maximum Gasteiger partial charge on any atom is 0.183 e. The third-order valence-corrected chi connectivity index (χ3v) is 5.78. The van der Waals surface area contributed by atoms with Crippen molar-refractivity contribution in [1.29, 1.82) is 0 Å². The Morgan fingerprint density at radius 1 is 0.929 bits per heavy atom. The molecule has 4 heterocycles. The van der Waals surface area contributed by atoms with E-state index in [1.165, 1.54) is 25.9 Å². The molecule has 28 heavy (non-hydrogen) atoms. The Hall–Kier alpha value is -2.92. The van der Waals surface area contributed by atoms with Crippen molar-refractivity contribution in [3.05, 3.63) is 66.2 Å². The zero-order chi connectivity index (χ0) is 18.9. The highest BCUT2D eigenvalue weighted by atomic mass is 16.1. The quantitative estimate of drug-likeness (QED) is 0.679. The van der Waals surface area contributed by atoms with Crippen molar-refractivity contribution in [1.82, 2.24) is 19.2 Å². The zero-order valence-corrected chi connectivity index (χ0v) is 15.9. The predicted molar refractivity (Wildman–Crippen MR) is 111 cm³/mol.